The summed E-state index contributed by atoms with van der Waals surface area (Å²) in [6, 6.07) is 6.86. The maximum Gasteiger partial charge on any atom is -0.00461 e. The molecule has 1 aliphatic rings. The molecule has 0 radical (unpaired) electrons. The molecule has 3 atom stereocenters. The minimum atomic E-state index is 0.739. The fraction of sp³-hybridized carbons (Fsp3) is 0.667. The van der Waals surface area contributed by atoms with Gasteiger partial charge in [-0.2, -0.15) is 0 Å². The van der Waals surface area contributed by atoms with E-state index in [1.54, 1.807) is 5.56 Å². The van der Waals surface area contributed by atoms with Crippen molar-refractivity contribution in [2.24, 2.45) is 23.5 Å². The van der Waals surface area contributed by atoms with Crippen LogP contribution >= 0.6 is 0 Å². The van der Waals surface area contributed by atoms with Crippen molar-refractivity contribution in [2.45, 2.75) is 52.9 Å². The highest BCUT2D eigenvalue weighted by Crippen LogP contribution is 2.37. The topological polar surface area (TPSA) is 26.0 Å². The molecule has 3 unspecified atom stereocenters. The summed E-state index contributed by atoms with van der Waals surface area (Å²) in [5.41, 5.74) is 10.4. The van der Waals surface area contributed by atoms with Crippen molar-refractivity contribution in [2.75, 3.05) is 6.54 Å². The molecule has 1 heteroatoms. The third-order valence-corrected chi connectivity index (χ3v) is 5.12. The van der Waals surface area contributed by atoms with Gasteiger partial charge >= 0.3 is 0 Å². The molecule has 0 aliphatic heterocycles. The summed E-state index contributed by atoms with van der Waals surface area (Å²) in [6.45, 7) is 7.64. The number of hydrogen-bond donors (Lipinski definition) is 1. The van der Waals surface area contributed by atoms with Crippen LogP contribution in [0.2, 0.25) is 0 Å². The first-order valence-corrected chi connectivity index (χ1v) is 7.90. The van der Waals surface area contributed by atoms with E-state index < -0.39 is 0 Å². The van der Waals surface area contributed by atoms with E-state index in [-0.39, 0.29) is 0 Å². The van der Waals surface area contributed by atoms with E-state index in [9.17, 15) is 0 Å². The van der Waals surface area contributed by atoms with E-state index in [1.807, 2.05) is 0 Å². The van der Waals surface area contributed by atoms with Crippen LogP contribution in [0, 0.1) is 31.6 Å². The fourth-order valence-corrected chi connectivity index (χ4v) is 3.66. The summed E-state index contributed by atoms with van der Waals surface area (Å²) >= 11 is 0. The SMILES string of the molecule is CCC1CCC(CN)C(Cc2cc(C)ccc2C)C1. The number of hydrogen-bond acceptors (Lipinski definition) is 1. The fourth-order valence-electron chi connectivity index (χ4n) is 3.66. The molecule has 2 N–H and O–H groups in total. The average molecular weight is 259 g/mol. The Kier molecular flexibility index (Phi) is 5.04. The highest BCUT2D eigenvalue weighted by atomic mass is 14.6. The second-order valence-electron chi connectivity index (χ2n) is 6.48. The summed E-state index contributed by atoms with van der Waals surface area (Å²) in [5, 5.41) is 0. The zero-order valence-electron chi connectivity index (χ0n) is 12.8. The molecule has 1 aromatic carbocycles. The van der Waals surface area contributed by atoms with Gasteiger partial charge in [0, 0.05) is 0 Å². The van der Waals surface area contributed by atoms with Gasteiger partial charge in [0.25, 0.3) is 0 Å². The minimum Gasteiger partial charge on any atom is -0.330 e. The molecule has 19 heavy (non-hydrogen) atoms. The van der Waals surface area contributed by atoms with Crippen molar-refractivity contribution in [3.63, 3.8) is 0 Å². The van der Waals surface area contributed by atoms with Gasteiger partial charge in [-0.1, -0.05) is 43.5 Å². The maximum atomic E-state index is 6.00. The van der Waals surface area contributed by atoms with E-state index in [0.29, 0.717) is 0 Å². The lowest BCUT2D eigenvalue weighted by atomic mass is 9.70. The van der Waals surface area contributed by atoms with Gasteiger partial charge in [-0.15, -0.1) is 0 Å². The van der Waals surface area contributed by atoms with Gasteiger partial charge in [-0.25, -0.2) is 0 Å². The van der Waals surface area contributed by atoms with Crippen LogP contribution in [-0.4, -0.2) is 6.54 Å². The first-order chi connectivity index (χ1) is 9.13. The number of benzene rings is 1. The van der Waals surface area contributed by atoms with Crippen LogP contribution in [0.4, 0.5) is 0 Å². The molecule has 0 amide bonds. The molecule has 1 aromatic rings. The van der Waals surface area contributed by atoms with Crippen LogP contribution in [0.1, 0.15) is 49.3 Å². The van der Waals surface area contributed by atoms with Crippen LogP contribution in [0.5, 0.6) is 0 Å². The Labute approximate surface area is 118 Å². The summed E-state index contributed by atoms with van der Waals surface area (Å²) in [5.74, 6) is 2.46. The summed E-state index contributed by atoms with van der Waals surface area (Å²) in [4.78, 5) is 0. The predicted molar refractivity (Wildman–Crippen MR) is 83.3 cm³/mol. The van der Waals surface area contributed by atoms with Gasteiger partial charge in [0.15, 0.2) is 0 Å². The molecule has 106 valence electrons. The molecule has 2 rings (SSSR count). The summed E-state index contributed by atoms with van der Waals surface area (Å²) in [6.07, 6.45) is 6.67. The van der Waals surface area contributed by atoms with E-state index in [1.165, 1.54) is 43.2 Å². The largest absolute Gasteiger partial charge is 0.330 e. The Morgan fingerprint density at radius 2 is 1.95 bits per heavy atom. The number of rotatable bonds is 4. The molecule has 0 saturated heterocycles. The van der Waals surface area contributed by atoms with Crippen molar-refractivity contribution in [3.8, 4) is 0 Å². The lowest BCUT2D eigenvalue weighted by Crippen LogP contribution is -2.31. The molecule has 1 aliphatic carbocycles. The Balaban J connectivity index is 2.11. The molecule has 0 aromatic heterocycles. The standard InChI is InChI=1S/C18H29N/c1-4-15-7-8-16(12-19)18(10-15)11-17-9-13(2)5-6-14(17)3/h5-6,9,15-16,18H,4,7-8,10-12,19H2,1-3H3. The van der Waals surface area contributed by atoms with Crippen LogP contribution in [0.15, 0.2) is 18.2 Å². The van der Waals surface area contributed by atoms with Crippen LogP contribution in [0.3, 0.4) is 0 Å². The maximum absolute atomic E-state index is 6.00. The molecular weight excluding hydrogens is 230 g/mol. The molecule has 1 fully saturated rings. The van der Waals surface area contributed by atoms with E-state index in [2.05, 4.69) is 39.0 Å². The normalized spacial score (nSPS) is 27.5. The van der Waals surface area contributed by atoms with Crippen molar-refractivity contribution in [1.29, 1.82) is 0 Å². The van der Waals surface area contributed by atoms with Gasteiger partial charge in [-0.05, 0) is 68.5 Å². The Morgan fingerprint density at radius 1 is 1.16 bits per heavy atom. The lowest BCUT2D eigenvalue weighted by molar-refractivity contribution is 0.179. The minimum absolute atomic E-state index is 0.739. The summed E-state index contributed by atoms with van der Waals surface area (Å²) in [7, 11) is 0. The van der Waals surface area contributed by atoms with Gasteiger partial charge in [0.05, 0.1) is 0 Å². The number of nitrogens with two attached hydrogens (primary N) is 1. The zero-order chi connectivity index (χ0) is 13.8. The van der Waals surface area contributed by atoms with Crippen LogP contribution in [-0.2, 0) is 6.42 Å². The first-order valence-electron chi connectivity index (χ1n) is 7.90. The second kappa shape index (κ2) is 6.56. The first kappa shape index (κ1) is 14.6. The summed E-state index contributed by atoms with van der Waals surface area (Å²) < 4.78 is 0. The quantitative estimate of drug-likeness (QED) is 0.859. The zero-order valence-corrected chi connectivity index (χ0v) is 12.8. The molecule has 0 spiro atoms. The van der Waals surface area contributed by atoms with Crippen molar-refractivity contribution >= 4 is 0 Å². The highest BCUT2D eigenvalue weighted by Gasteiger charge is 2.29. The average Bonchev–Trinajstić information content (AvgIpc) is 2.42. The van der Waals surface area contributed by atoms with Crippen LogP contribution < -0.4 is 5.73 Å². The number of aryl methyl sites for hydroxylation is 2. The van der Waals surface area contributed by atoms with Crippen molar-refractivity contribution in [1.82, 2.24) is 0 Å². The monoisotopic (exact) mass is 259 g/mol. The van der Waals surface area contributed by atoms with Gasteiger partial charge in [0.2, 0.25) is 0 Å². The molecule has 0 heterocycles. The Morgan fingerprint density at radius 3 is 2.63 bits per heavy atom. The Bertz CT molecular complexity index is 410. The molecule has 0 bridgehead atoms. The van der Waals surface area contributed by atoms with Gasteiger partial charge < -0.3 is 5.73 Å². The van der Waals surface area contributed by atoms with Crippen LogP contribution in [0.25, 0.3) is 0 Å². The molecule has 1 nitrogen and oxygen atoms in total. The third kappa shape index (κ3) is 3.60. The van der Waals surface area contributed by atoms with Crippen molar-refractivity contribution in [3.05, 3.63) is 34.9 Å². The predicted octanol–water partition coefficient (Wildman–Crippen LogP) is 4.25. The molecular formula is C18H29N. The lowest BCUT2D eigenvalue weighted by Gasteiger charge is -2.36. The van der Waals surface area contributed by atoms with Gasteiger partial charge in [0.1, 0.15) is 0 Å². The molecule has 1 saturated carbocycles. The van der Waals surface area contributed by atoms with E-state index in [0.717, 1.165) is 24.3 Å². The highest BCUT2D eigenvalue weighted by molar-refractivity contribution is 5.30. The van der Waals surface area contributed by atoms with Gasteiger partial charge in [-0.3, -0.25) is 0 Å². The van der Waals surface area contributed by atoms with E-state index >= 15 is 0 Å². The van der Waals surface area contributed by atoms with E-state index in [4.69, 9.17) is 5.73 Å². The Hall–Kier alpha value is -0.820. The second-order valence-corrected chi connectivity index (χ2v) is 6.48. The smallest absolute Gasteiger partial charge is 0.00461 e. The van der Waals surface area contributed by atoms with Crippen molar-refractivity contribution < 1.29 is 0 Å². The third-order valence-electron chi connectivity index (χ3n) is 5.12.